The van der Waals surface area contributed by atoms with Crippen LogP contribution in [0.3, 0.4) is 0 Å². The second-order valence-electron chi connectivity index (χ2n) is 9.76. The summed E-state index contributed by atoms with van der Waals surface area (Å²) in [5.74, 6) is -0.972. The van der Waals surface area contributed by atoms with Crippen LogP contribution in [0.4, 0.5) is 0 Å². The molecule has 1 fully saturated rings. The zero-order valence-electron chi connectivity index (χ0n) is 23.9. The Morgan fingerprint density at radius 1 is 0.756 bits per heavy atom. The minimum absolute atomic E-state index is 0.00129. The fraction of sp³-hybridized carbons (Fsp3) is 0.586. The van der Waals surface area contributed by atoms with E-state index in [2.05, 4.69) is 9.97 Å². The van der Waals surface area contributed by atoms with Gasteiger partial charge in [0.15, 0.2) is 0 Å². The first kappa shape index (κ1) is 32.5. The molecule has 41 heavy (non-hydrogen) atoms. The summed E-state index contributed by atoms with van der Waals surface area (Å²) in [7, 11) is 2.64. The molecule has 1 aliphatic rings. The Kier molecular flexibility index (Phi) is 14.1. The summed E-state index contributed by atoms with van der Waals surface area (Å²) < 4.78 is 21.9. The Labute approximate surface area is 241 Å². The minimum atomic E-state index is -0.486. The van der Waals surface area contributed by atoms with E-state index < -0.39 is 11.9 Å². The summed E-state index contributed by atoms with van der Waals surface area (Å²) >= 11 is 0. The van der Waals surface area contributed by atoms with Gasteiger partial charge < -0.3 is 29.2 Å². The number of aliphatic hydroxyl groups excluding tert-OH is 2. The predicted octanol–water partition coefficient (Wildman–Crippen LogP) is 1.29. The quantitative estimate of drug-likeness (QED) is 0.248. The first-order valence-electron chi connectivity index (χ1n) is 14.0. The molecule has 0 unspecified atom stereocenters. The summed E-state index contributed by atoms with van der Waals surface area (Å²) in [5, 5.41) is 19.1. The van der Waals surface area contributed by atoms with Gasteiger partial charge in [-0.1, -0.05) is 12.1 Å². The van der Waals surface area contributed by atoms with Crippen LogP contribution in [0.5, 0.6) is 0 Å². The molecule has 2 N–H and O–H groups in total. The largest absolute Gasteiger partial charge is 0.464 e. The topological polar surface area (TPSA) is 144 Å². The van der Waals surface area contributed by atoms with Crippen molar-refractivity contribution in [2.24, 2.45) is 0 Å². The first-order chi connectivity index (χ1) is 20.0. The van der Waals surface area contributed by atoms with Crippen molar-refractivity contribution in [3.63, 3.8) is 0 Å². The molecular formula is C29H42N4O8. The van der Waals surface area contributed by atoms with Gasteiger partial charge >= 0.3 is 11.9 Å². The van der Waals surface area contributed by atoms with Crippen LogP contribution in [-0.2, 0) is 32.0 Å². The highest BCUT2D eigenvalue weighted by Gasteiger charge is 2.29. The molecule has 0 amide bonds. The van der Waals surface area contributed by atoms with Gasteiger partial charge in [0.2, 0.25) is 0 Å². The van der Waals surface area contributed by atoms with Gasteiger partial charge in [-0.3, -0.25) is 9.80 Å². The zero-order valence-corrected chi connectivity index (χ0v) is 23.9. The van der Waals surface area contributed by atoms with Gasteiger partial charge in [0.1, 0.15) is 11.4 Å². The smallest absolute Gasteiger partial charge is 0.356 e. The van der Waals surface area contributed by atoms with E-state index in [4.69, 9.17) is 18.9 Å². The average Bonchev–Trinajstić information content (AvgIpc) is 3.43. The van der Waals surface area contributed by atoms with E-state index in [9.17, 15) is 19.8 Å². The molecule has 1 aliphatic carbocycles. The van der Waals surface area contributed by atoms with Gasteiger partial charge in [-0.25, -0.2) is 19.6 Å². The summed E-state index contributed by atoms with van der Waals surface area (Å²) in [5.41, 5.74) is 1.92. The molecule has 2 heterocycles. The van der Waals surface area contributed by atoms with Gasteiger partial charge in [-0.2, -0.15) is 0 Å². The molecule has 2 atom stereocenters. The third kappa shape index (κ3) is 10.7. The SMILES string of the molecule is COC(=O)c1cccc(CN(CCO)CCO[C@H]2CCC[C@H]2OCCN(CCO)Cc2cccc(C(=O)OC)n2)n1. The third-order valence-corrected chi connectivity index (χ3v) is 6.88. The highest BCUT2D eigenvalue weighted by Crippen LogP contribution is 2.25. The number of rotatable bonds is 18. The number of hydrogen-bond donors (Lipinski definition) is 2. The lowest BCUT2D eigenvalue weighted by Gasteiger charge is -2.26. The van der Waals surface area contributed by atoms with E-state index in [1.807, 2.05) is 21.9 Å². The van der Waals surface area contributed by atoms with Gasteiger partial charge in [0, 0.05) is 39.3 Å². The Bertz CT molecular complexity index is 1000. The molecule has 0 radical (unpaired) electrons. The zero-order chi connectivity index (χ0) is 29.5. The van der Waals surface area contributed by atoms with Crippen LogP contribution < -0.4 is 0 Å². The van der Waals surface area contributed by atoms with Crippen molar-refractivity contribution in [2.75, 3.05) is 66.8 Å². The van der Waals surface area contributed by atoms with Crippen molar-refractivity contribution in [2.45, 2.75) is 44.6 Å². The Morgan fingerprint density at radius 2 is 1.20 bits per heavy atom. The normalized spacial score (nSPS) is 16.8. The van der Waals surface area contributed by atoms with E-state index in [0.717, 1.165) is 19.3 Å². The molecule has 3 rings (SSSR count). The lowest BCUT2D eigenvalue weighted by molar-refractivity contribution is -0.0649. The molecule has 2 aromatic heterocycles. The number of methoxy groups -OCH3 is 2. The lowest BCUT2D eigenvalue weighted by Crippen LogP contribution is -2.35. The van der Waals surface area contributed by atoms with Crippen LogP contribution >= 0.6 is 0 Å². The van der Waals surface area contributed by atoms with Gasteiger partial charge in [0.05, 0.1) is 64.2 Å². The number of carbonyl (C=O) groups excluding carboxylic acids is 2. The van der Waals surface area contributed by atoms with Crippen LogP contribution in [0.25, 0.3) is 0 Å². The predicted molar refractivity (Wildman–Crippen MR) is 149 cm³/mol. The van der Waals surface area contributed by atoms with E-state index in [1.165, 1.54) is 14.2 Å². The number of ether oxygens (including phenoxy) is 4. The molecule has 1 saturated carbocycles. The monoisotopic (exact) mass is 574 g/mol. The van der Waals surface area contributed by atoms with Crippen molar-refractivity contribution in [3.8, 4) is 0 Å². The summed E-state index contributed by atoms with van der Waals surface area (Å²) in [6.07, 6.45) is 2.81. The molecule has 0 bridgehead atoms. The standard InChI is InChI=1S/C29H42N4O8/c1-38-28(36)24-8-3-6-22(30-24)20-32(12-16-34)14-18-40-26-10-5-11-27(26)41-19-15-33(13-17-35)21-23-7-4-9-25(31-23)29(37)39-2/h3-4,6-9,26-27,34-35H,5,10-21H2,1-2H3/t26-,27+. The first-order valence-corrected chi connectivity index (χ1v) is 14.0. The average molecular weight is 575 g/mol. The fourth-order valence-electron chi connectivity index (χ4n) is 4.79. The van der Waals surface area contributed by atoms with Crippen LogP contribution in [0.2, 0.25) is 0 Å². The number of aliphatic hydroxyl groups is 2. The second kappa shape index (κ2) is 17.7. The second-order valence-corrected chi connectivity index (χ2v) is 9.76. The van der Waals surface area contributed by atoms with Crippen molar-refractivity contribution in [1.82, 2.24) is 19.8 Å². The maximum Gasteiger partial charge on any atom is 0.356 e. The van der Waals surface area contributed by atoms with Crippen LogP contribution in [0.1, 0.15) is 51.6 Å². The fourth-order valence-corrected chi connectivity index (χ4v) is 4.79. The van der Waals surface area contributed by atoms with Crippen molar-refractivity contribution in [1.29, 1.82) is 0 Å². The molecule has 226 valence electrons. The number of esters is 2. The molecule has 12 nitrogen and oxygen atoms in total. The summed E-state index contributed by atoms with van der Waals surface area (Å²) in [6.45, 7) is 3.98. The molecule has 0 aliphatic heterocycles. The summed E-state index contributed by atoms with van der Waals surface area (Å²) in [4.78, 5) is 36.4. The number of carbonyl (C=O) groups is 2. The molecule has 0 aromatic carbocycles. The highest BCUT2D eigenvalue weighted by molar-refractivity contribution is 5.87. The van der Waals surface area contributed by atoms with Gasteiger partial charge in [0.25, 0.3) is 0 Å². The summed E-state index contributed by atoms with van der Waals surface area (Å²) in [6, 6.07) is 10.4. The Morgan fingerprint density at radius 3 is 1.59 bits per heavy atom. The minimum Gasteiger partial charge on any atom is -0.464 e. The molecule has 0 saturated heterocycles. The highest BCUT2D eigenvalue weighted by atomic mass is 16.5. The third-order valence-electron chi connectivity index (χ3n) is 6.88. The van der Waals surface area contributed by atoms with Crippen LogP contribution in [0, 0.1) is 0 Å². The van der Waals surface area contributed by atoms with Crippen molar-refractivity contribution < 1.29 is 38.7 Å². The number of hydrogen-bond acceptors (Lipinski definition) is 12. The van der Waals surface area contributed by atoms with Gasteiger partial charge in [-0.05, 0) is 43.5 Å². The van der Waals surface area contributed by atoms with E-state index in [-0.39, 0.29) is 36.8 Å². The van der Waals surface area contributed by atoms with Crippen LogP contribution in [-0.4, -0.2) is 121 Å². The van der Waals surface area contributed by atoms with E-state index in [1.54, 1.807) is 24.3 Å². The Hall–Kier alpha value is -3.00. The maximum atomic E-state index is 11.8. The van der Waals surface area contributed by atoms with Gasteiger partial charge in [-0.15, -0.1) is 0 Å². The molecular weight excluding hydrogens is 532 g/mol. The van der Waals surface area contributed by atoms with E-state index in [0.29, 0.717) is 63.9 Å². The maximum absolute atomic E-state index is 11.8. The number of nitrogens with zero attached hydrogens (tertiary/aromatic N) is 4. The van der Waals surface area contributed by atoms with Crippen molar-refractivity contribution >= 4 is 11.9 Å². The van der Waals surface area contributed by atoms with E-state index >= 15 is 0 Å². The molecule has 0 spiro atoms. The molecule has 12 heteroatoms. The lowest BCUT2D eigenvalue weighted by atomic mass is 10.2. The number of aromatic nitrogens is 2. The Balaban J connectivity index is 1.45. The van der Waals surface area contributed by atoms with Crippen LogP contribution in [0.15, 0.2) is 36.4 Å². The van der Waals surface area contributed by atoms with Crippen molar-refractivity contribution in [3.05, 3.63) is 59.2 Å². The number of pyridine rings is 2. The molecule has 2 aromatic rings.